The lowest BCUT2D eigenvalue weighted by molar-refractivity contribution is 0.0745. The van der Waals surface area contributed by atoms with Crippen LogP contribution in [0.3, 0.4) is 0 Å². The van der Waals surface area contributed by atoms with Crippen LogP contribution in [0.5, 0.6) is 0 Å². The number of aromatic nitrogens is 1. The highest BCUT2D eigenvalue weighted by Crippen LogP contribution is 2.33. The van der Waals surface area contributed by atoms with E-state index in [1.807, 2.05) is 12.1 Å². The van der Waals surface area contributed by atoms with E-state index in [0.29, 0.717) is 5.82 Å². The number of pyridine rings is 1. The number of nitrogens with zero attached hydrogens (tertiary/aromatic N) is 3. The Morgan fingerprint density at radius 1 is 1.12 bits per heavy atom. The number of nitrogen functional groups attached to an aromatic ring is 1. The molecule has 1 aromatic carbocycles. The molecule has 0 aliphatic carbocycles. The van der Waals surface area contributed by atoms with E-state index in [4.69, 9.17) is 22.1 Å². The van der Waals surface area contributed by atoms with E-state index in [9.17, 15) is 0 Å². The lowest BCUT2D eigenvalue weighted by Gasteiger charge is -2.44. The Kier molecular flexibility index (Phi) is 6.86. The lowest BCUT2D eigenvalue weighted by Crippen LogP contribution is -2.56. The molecule has 2 aromatic rings. The van der Waals surface area contributed by atoms with E-state index in [0.717, 1.165) is 67.3 Å². The third-order valence-electron chi connectivity index (χ3n) is 5.39. The molecule has 0 spiro atoms. The molecule has 144 valence electrons. The van der Waals surface area contributed by atoms with Gasteiger partial charge in [-0.05, 0) is 36.9 Å². The number of nitrogens with two attached hydrogens (primary N) is 1. The number of hydrogen-bond donors (Lipinski definition) is 1. The van der Waals surface area contributed by atoms with E-state index in [2.05, 4.69) is 27.8 Å². The molecule has 0 saturated carbocycles. The summed E-state index contributed by atoms with van der Waals surface area (Å²) in [5, 5.41) is 2.88. The zero-order chi connectivity index (χ0) is 16.7. The molecule has 4 rings (SSSR count). The van der Waals surface area contributed by atoms with Crippen molar-refractivity contribution in [3.05, 3.63) is 29.4 Å². The Morgan fingerprint density at radius 3 is 2.50 bits per heavy atom. The molecule has 1 aromatic heterocycles. The molecule has 0 amide bonds. The van der Waals surface area contributed by atoms with Gasteiger partial charge in [-0.25, -0.2) is 4.98 Å². The Hall–Kier alpha value is -0.980. The van der Waals surface area contributed by atoms with Crippen LogP contribution in [0.15, 0.2) is 24.4 Å². The highest BCUT2D eigenvalue weighted by molar-refractivity contribution is 6.34. The maximum Gasteiger partial charge on any atom is 0.123 e. The summed E-state index contributed by atoms with van der Waals surface area (Å²) in [6.07, 6.45) is 2.90. The summed E-state index contributed by atoms with van der Waals surface area (Å²) < 4.78 is 5.61. The van der Waals surface area contributed by atoms with Crippen molar-refractivity contribution in [2.24, 2.45) is 0 Å². The number of hydrogen-bond acceptors (Lipinski definition) is 5. The second-order valence-electron chi connectivity index (χ2n) is 7.03. The van der Waals surface area contributed by atoms with Crippen molar-refractivity contribution < 1.29 is 4.74 Å². The molecule has 2 aliphatic rings. The summed E-state index contributed by atoms with van der Waals surface area (Å²) in [6, 6.07) is 6.02. The van der Waals surface area contributed by atoms with Gasteiger partial charge in [-0.2, -0.15) is 0 Å². The standard InChI is InChI=1S/C18H23ClN4O.2ClH/c1-18(2-7-24-12-18)23-5-3-22(4-6-23)16-9-13-10-17(20)21-11-14(13)8-15(16)19;;/h8-11H,2-7,12H2,1H3,(H2,20,21);2*1H. The molecule has 8 heteroatoms. The van der Waals surface area contributed by atoms with Gasteiger partial charge in [0.25, 0.3) is 0 Å². The minimum Gasteiger partial charge on any atom is -0.384 e. The summed E-state index contributed by atoms with van der Waals surface area (Å²) >= 11 is 6.53. The van der Waals surface area contributed by atoms with Crippen molar-refractivity contribution in [3.63, 3.8) is 0 Å². The number of piperazine rings is 1. The molecule has 0 bridgehead atoms. The third-order valence-corrected chi connectivity index (χ3v) is 5.69. The second kappa shape index (κ2) is 8.36. The fourth-order valence-electron chi connectivity index (χ4n) is 3.81. The van der Waals surface area contributed by atoms with Crippen LogP contribution in [-0.2, 0) is 4.74 Å². The van der Waals surface area contributed by atoms with Gasteiger partial charge in [0.15, 0.2) is 0 Å². The molecule has 2 N–H and O–H groups in total. The number of benzene rings is 1. The first-order chi connectivity index (χ1) is 11.5. The Morgan fingerprint density at radius 2 is 1.85 bits per heavy atom. The van der Waals surface area contributed by atoms with Gasteiger partial charge in [0.1, 0.15) is 5.82 Å². The molecule has 3 heterocycles. The van der Waals surface area contributed by atoms with Crippen molar-refractivity contribution in [3.8, 4) is 0 Å². The zero-order valence-electron chi connectivity index (χ0n) is 14.8. The normalized spacial score (nSPS) is 23.5. The van der Waals surface area contributed by atoms with E-state index < -0.39 is 0 Å². The SMILES string of the molecule is CC1(N2CCN(c3cc4cc(N)ncc4cc3Cl)CC2)CCOC1.Cl.Cl. The summed E-state index contributed by atoms with van der Waals surface area (Å²) in [5.41, 5.74) is 7.10. The average Bonchev–Trinajstić information content (AvgIpc) is 3.03. The van der Waals surface area contributed by atoms with Crippen molar-refractivity contribution in [1.29, 1.82) is 0 Å². The van der Waals surface area contributed by atoms with Crippen molar-refractivity contribution in [1.82, 2.24) is 9.88 Å². The molecule has 26 heavy (non-hydrogen) atoms. The largest absolute Gasteiger partial charge is 0.384 e. The Labute approximate surface area is 171 Å². The maximum absolute atomic E-state index is 6.53. The molecular weight excluding hydrogens is 395 g/mol. The van der Waals surface area contributed by atoms with Crippen LogP contribution < -0.4 is 10.6 Å². The monoisotopic (exact) mass is 418 g/mol. The first-order valence-electron chi connectivity index (χ1n) is 8.48. The molecule has 2 saturated heterocycles. The van der Waals surface area contributed by atoms with Crippen LogP contribution in [0, 0.1) is 0 Å². The average molecular weight is 420 g/mol. The third kappa shape index (κ3) is 3.97. The van der Waals surface area contributed by atoms with E-state index >= 15 is 0 Å². The summed E-state index contributed by atoms with van der Waals surface area (Å²) in [7, 11) is 0. The van der Waals surface area contributed by atoms with Crippen LogP contribution in [0.25, 0.3) is 10.8 Å². The highest BCUT2D eigenvalue weighted by Gasteiger charge is 2.37. The second-order valence-corrected chi connectivity index (χ2v) is 7.44. The number of halogens is 3. The number of anilines is 2. The quantitative estimate of drug-likeness (QED) is 0.806. The molecule has 2 aliphatic heterocycles. The van der Waals surface area contributed by atoms with Gasteiger partial charge >= 0.3 is 0 Å². The Balaban J connectivity index is 0.00000121. The molecule has 1 unspecified atom stereocenters. The van der Waals surface area contributed by atoms with Crippen molar-refractivity contribution in [2.75, 3.05) is 50.0 Å². The zero-order valence-corrected chi connectivity index (χ0v) is 17.2. The highest BCUT2D eigenvalue weighted by atomic mass is 35.5. The van der Waals surface area contributed by atoms with Gasteiger partial charge in [-0.1, -0.05) is 11.6 Å². The maximum atomic E-state index is 6.53. The van der Waals surface area contributed by atoms with E-state index in [-0.39, 0.29) is 30.4 Å². The van der Waals surface area contributed by atoms with Gasteiger partial charge in [-0.3, -0.25) is 4.90 Å². The minimum atomic E-state index is 0. The number of fused-ring (bicyclic) bond motifs is 1. The number of ether oxygens (including phenoxy) is 1. The first kappa shape index (κ1) is 21.3. The summed E-state index contributed by atoms with van der Waals surface area (Å²) in [4.78, 5) is 9.07. The van der Waals surface area contributed by atoms with Crippen LogP contribution >= 0.6 is 36.4 Å². The fourth-order valence-corrected chi connectivity index (χ4v) is 4.10. The molecular formula is C18H25Cl3N4O. The fraction of sp³-hybridized carbons (Fsp3) is 0.500. The smallest absolute Gasteiger partial charge is 0.123 e. The van der Waals surface area contributed by atoms with Crippen LogP contribution in [-0.4, -0.2) is 54.8 Å². The summed E-state index contributed by atoms with van der Waals surface area (Å²) in [6.45, 7) is 8.05. The van der Waals surface area contributed by atoms with Crippen molar-refractivity contribution in [2.45, 2.75) is 18.9 Å². The lowest BCUT2D eigenvalue weighted by atomic mass is 9.98. The topological polar surface area (TPSA) is 54.6 Å². The van der Waals surface area contributed by atoms with Gasteiger partial charge in [-0.15, -0.1) is 24.8 Å². The van der Waals surface area contributed by atoms with Crippen LogP contribution in [0.2, 0.25) is 5.02 Å². The van der Waals surface area contributed by atoms with Gasteiger partial charge < -0.3 is 15.4 Å². The van der Waals surface area contributed by atoms with Crippen LogP contribution in [0.1, 0.15) is 13.3 Å². The predicted octanol–water partition coefficient (Wildman–Crippen LogP) is 3.62. The summed E-state index contributed by atoms with van der Waals surface area (Å²) in [5.74, 6) is 0.537. The molecule has 1 atom stereocenters. The molecule has 5 nitrogen and oxygen atoms in total. The van der Waals surface area contributed by atoms with Gasteiger partial charge in [0.2, 0.25) is 0 Å². The molecule has 0 radical (unpaired) electrons. The van der Waals surface area contributed by atoms with E-state index in [1.165, 1.54) is 0 Å². The van der Waals surface area contributed by atoms with Gasteiger partial charge in [0, 0.05) is 49.9 Å². The minimum absolute atomic E-state index is 0. The Bertz CT molecular complexity index is 759. The predicted molar refractivity (Wildman–Crippen MR) is 113 cm³/mol. The number of rotatable bonds is 2. The van der Waals surface area contributed by atoms with Crippen LogP contribution in [0.4, 0.5) is 11.5 Å². The molecule has 2 fully saturated rings. The van der Waals surface area contributed by atoms with Crippen molar-refractivity contribution >= 4 is 58.7 Å². The van der Waals surface area contributed by atoms with E-state index in [1.54, 1.807) is 6.20 Å². The van der Waals surface area contributed by atoms with Gasteiger partial charge in [0.05, 0.1) is 17.3 Å². The first-order valence-corrected chi connectivity index (χ1v) is 8.85.